The number of nitrogen functional groups attached to an aromatic ring is 1. The van der Waals surface area contributed by atoms with Crippen LogP contribution in [0.15, 0.2) is 47.6 Å². The summed E-state index contributed by atoms with van der Waals surface area (Å²) < 4.78 is 45.6. The van der Waals surface area contributed by atoms with Crippen molar-refractivity contribution in [1.29, 1.82) is 0 Å². The highest BCUT2D eigenvalue weighted by Gasteiger charge is 2.32. The van der Waals surface area contributed by atoms with Crippen LogP contribution in [0.5, 0.6) is 5.75 Å². The van der Waals surface area contributed by atoms with E-state index in [1.54, 1.807) is 30.3 Å². The van der Waals surface area contributed by atoms with Gasteiger partial charge in [-0.25, -0.2) is 0 Å². The summed E-state index contributed by atoms with van der Waals surface area (Å²) in [6, 6.07) is 9.58. The number of rotatable bonds is 5. The highest BCUT2D eigenvalue weighted by atomic mass is 32.2. The summed E-state index contributed by atoms with van der Waals surface area (Å²) in [5.74, 6) is 6.10. The molecule has 9 heteroatoms. The van der Waals surface area contributed by atoms with E-state index in [0.29, 0.717) is 34.5 Å². The fourth-order valence-electron chi connectivity index (χ4n) is 2.71. The summed E-state index contributed by atoms with van der Waals surface area (Å²) in [7, 11) is 1.49. The number of ether oxygens (including phenoxy) is 1. The van der Waals surface area contributed by atoms with Crippen LogP contribution in [0.2, 0.25) is 0 Å². The van der Waals surface area contributed by atoms with E-state index in [-0.39, 0.29) is 28.9 Å². The minimum Gasteiger partial charge on any atom is -0.495 e. The van der Waals surface area contributed by atoms with Crippen LogP contribution in [0.4, 0.5) is 24.5 Å². The quantitative estimate of drug-likeness (QED) is 0.364. The predicted octanol–water partition coefficient (Wildman–Crippen LogP) is 4.42. The summed E-state index contributed by atoms with van der Waals surface area (Å²) in [4.78, 5) is 10.9. The first-order valence-corrected chi connectivity index (χ1v) is 9.15. The van der Waals surface area contributed by atoms with E-state index < -0.39 is 5.51 Å². The Morgan fingerprint density at radius 3 is 2.79 bits per heavy atom. The van der Waals surface area contributed by atoms with Crippen molar-refractivity contribution in [2.24, 2.45) is 0 Å². The number of aldehydes is 1. The molecular weight excluding hydrogens is 403 g/mol. The maximum Gasteiger partial charge on any atom is 0.447 e. The van der Waals surface area contributed by atoms with Crippen molar-refractivity contribution in [3.8, 4) is 17.6 Å². The third-order valence-electron chi connectivity index (χ3n) is 3.96. The molecule has 0 radical (unpaired) electrons. The molecule has 3 rings (SSSR count). The minimum atomic E-state index is -4.46. The Bertz CT molecular complexity index is 1110. The SMILES string of the molecule is COc1ccc(C=O)cc1NCC#Cc1cc2c(N)cccn2c1SC(F)(F)F. The van der Waals surface area contributed by atoms with Crippen molar-refractivity contribution in [3.63, 3.8) is 0 Å². The van der Waals surface area contributed by atoms with E-state index in [4.69, 9.17) is 10.5 Å². The number of methoxy groups -OCH3 is 1. The van der Waals surface area contributed by atoms with Gasteiger partial charge >= 0.3 is 5.51 Å². The number of pyridine rings is 1. The molecule has 0 atom stereocenters. The second-order valence-electron chi connectivity index (χ2n) is 5.86. The molecule has 0 aliphatic carbocycles. The highest BCUT2D eigenvalue weighted by molar-refractivity contribution is 8.00. The molecule has 150 valence electrons. The molecule has 0 amide bonds. The third kappa shape index (κ3) is 4.78. The van der Waals surface area contributed by atoms with Gasteiger partial charge in [0.1, 0.15) is 17.1 Å². The molecule has 3 N–H and O–H groups in total. The molecule has 3 aromatic rings. The maximum absolute atomic E-state index is 13.0. The summed E-state index contributed by atoms with van der Waals surface area (Å²) in [6.07, 6.45) is 2.22. The fraction of sp³-hybridized carbons (Fsp3) is 0.150. The number of nitrogens with zero attached hydrogens (tertiary/aromatic N) is 1. The predicted molar refractivity (Wildman–Crippen MR) is 107 cm³/mol. The Labute approximate surface area is 169 Å². The molecule has 0 aliphatic rings. The van der Waals surface area contributed by atoms with Gasteiger partial charge in [-0.1, -0.05) is 11.8 Å². The average Bonchev–Trinajstić information content (AvgIpc) is 3.02. The monoisotopic (exact) mass is 419 g/mol. The van der Waals surface area contributed by atoms with E-state index in [1.807, 2.05) is 0 Å². The van der Waals surface area contributed by atoms with Gasteiger partial charge in [0.05, 0.1) is 36.1 Å². The van der Waals surface area contributed by atoms with Crippen LogP contribution in [0.25, 0.3) is 5.52 Å². The van der Waals surface area contributed by atoms with E-state index in [1.165, 1.54) is 23.8 Å². The van der Waals surface area contributed by atoms with Gasteiger partial charge in [0, 0.05) is 23.5 Å². The molecule has 0 bridgehead atoms. The van der Waals surface area contributed by atoms with Crippen LogP contribution in [-0.2, 0) is 0 Å². The lowest BCUT2D eigenvalue weighted by molar-refractivity contribution is -0.0329. The Morgan fingerprint density at radius 2 is 2.10 bits per heavy atom. The van der Waals surface area contributed by atoms with Crippen molar-refractivity contribution in [2.75, 3.05) is 24.7 Å². The number of aromatic nitrogens is 1. The van der Waals surface area contributed by atoms with Gasteiger partial charge in [-0.3, -0.25) is 4.79 Å². The van der Waals surface area contributed by atoms with Crippen LogP contribution in [0.1, 0.15) is 15.9 Å². The second kappa shape index (κ2) is 8.41. The van der Waals surface area contributed by atoms with Gasteiger partial charge < -0.3 is 20.2 Å². The highest BCUT2D eigenvalue weighted by Crippen LogP contribution is 2.40. The first-order valence-electron chi connectivity index (χ1n) is 8.33. The second-order valence-corrected chi connectivity index (χ2v) is 6.92. The number of halogens is 3. The lowest BCUT2D eigenvalue weighted by Crippen LogP contribution is -2.03. The number of thioether (sulfide) groups is 1. The van der Waals surface area contributed by atoms with Gasteiger partial charge in [0.2, 0.25) is 0 Å². The van der Waals surface area contributed by atoms with Crippen LogP contribution in [0.3, 0.4) is 0 Å². The van der Waals surface area contributed by atoms with Crippen molar-refractivity contribution in [1.82, 2.24) is 4.40 Å². The molecule has 2 aromatic heterocycles. The van der Waals surface area contributed by atoms with Crippen molar-refractivity contribution < 1.29 is 22.7 Å². The van der Waals surface area contributed by atoms with Gasteiger partial charge in [-0.2, -0.15) is 13.2 Å². The van der Waals surface area contributed by atoms with Crippen LogP contribution < -0.4 is 15.8 Å². The molecule has 1 aromatic carbocycles. The van der Waals surface area contributed by atoms with E-state index in [2.05, 4.69) is 17.2 Å². The summed E-state index contributed by atoms with van der Waals surface area (Å²) in [6.45, 7) is 0.135. The number of nitrogens with two attached hydrogens (primary N) is 1. The van der Waals surface area contributed by atoms with Crippen molar-refractivity contribution >= 4 is 34.9 Å². The Kier molecular flexibility index (Phi) is 5.94. The van der Waals surface area contributed by atoms with Crippen LogP contribution in [-0.4, -0.2) is 29.8 Å². The lowest BCUT2D eigenvalue weighted by Gasteiger charge is -2.09. The summed E-state index contributed by atoms with van der Waals surface area (Å²) >= 11 is -0.237. The topological polar surface area (TPSA) is 68.8 Å². The first kappa shape index (κ1) is 20.5. The zero-order valence-corrected chi connectivity index (χ0v) is 16.0. The molecule has 0 aliphatic heterocycles. The smallest absolute Gasteiger partial charge is 0.447 e. The molecule has 2 heterocycles. The zero-order chi connectivity index (χ0) is 21.0. The number of carbonyl (C=O) groups excluding carboxylic acids is 1. The molecule has 0 fully saturated rings. The normalized spacial score (nSPS) is 11.0. The number of hydrogen-bond acceptors (Lipinski definition) is 5. The molecule has 5 nitrogen and oxygen atoms in total. The molecular formula is C20H16F3N3O2S. The number of hydrogen-bond donors (Lipinski definition) is 2. The van der Waals surface area contributed by atoms with E-state index >= 15 is 0 Å². The van der Waals surface area contributed by atoms with Crippen LogP contribution >= 0.6 is 11.8 Å². The third-order valence-corrected chi connectivity index (χ3v) is 4.80. The van der Waals surface area contributed by atoms with E-state index in [9.17, 15) is 18.0 Å². The number of benzene rings is 1. The molecule has 0 spiro atoms. The van der Waals surface area contributed by atoms with Crippen molar-refractivity contribution in [2.45, 2.75) is 10.5 Å². The van der Waals surface area contributed by atoms with Crippen LogP contribution in [0, 0.1) is 11.8 Å². The minimum absolute atomic E-state index is 0.0483. The van der Waals surface area contributed by atoms with Gasteiger partial charge in [-0.15, -0.1) is 0 Å². The summed E-state index contributed by atoms with van der Waals surface area (Å²) in [5.41, 5.74) is 3.47. The molecule has 29 heavy (non-hydrogen) atoms. The standard InChI is InChI=1S/C20H16F3N3O2S/c1-28-18-7-6-13(12-27)10-16(18)25-8-2-4-14-11-17-15(24)5-3-9-26(17)19(14)29-20(21,22)23/h3,5-7,9-12,25H,8,24H2,1H3. The Morgan fingerprint density at radius 1 is 1.31 bits per heavy atom. The molecule has 0 saturated heterocycles. The largest absolute Gasteiger partial charge is 0.495 e. The van der Waals surface area contributed by atoms with Crippen molar-refractivity contribution in [3.05, 3.63) is 53.7 Å². The zero-order valence-electron chi connectivity index (χ0n) is 15.2. The lowest BCUT2D eigenvalue weighted by atomic mass is 10.2. The van der Waals surface area contributed by atoms with E-state index in [0.717, 1.165) is 0 Å². The number of anilines is 2. The number of alkyl halides is 3. The molecule has 0 unspecified atom stereocenters. The van der Waals surface area contributed by atoms with Gasteiger partial charge in [-0.05, 0) is 36.4 Å². The number of nitrogens with one attached hydrogen (secondary N) is 1. The summed E-state index contributed by atoms with van der Waals surface area (Å²) in [5, 5.41) is 2.96. The Balaban J connectivity index is 1.88. The Hall–Kier alpha value is -3.25. The molecule has 0 saturated carbocycles. The number of carbonyl (C=O) groups is 1. The van der Waals surface area contributed by atoms with Gasteiger partial charge in [0.15, 0.2) is 0 Å². The average molecular weight is 419 g/mol. The first-order chi connectivity index (χ1) is 13.8. The van der Waals surface area contributed by atoms with Gasteiger partial charge in [0.25, 0.3) is 0 Å². The number of fused-ring (bicyclic) bond motifs is 1. The maximum atomic E-state index is 13.0. The fourth-order valence-corrected chi connectivity index (χ4v) is 3.41.